The van der Waals surface area contributed by atoms with Crippen molar-refractivity contribution in [2.75, 3.05) is 5.73 Å². The van der Waals surface area contributed by atoms with Crippen LogP contribution in [0.4, 0.5) is 5.82 Å². The summed E-state index contributed by atoms with van der Waals surface area (Å²) >= 11 is 0. The van der Waals surface area contributed by atoms with E-state index in [4.69, 9.17) is 15.4 Å². The van der Waals surface area contributed by atoms with Gasteiger partial charge in [-0.15, -0.1) is 0 Å². The van der Waals surface area contributed by atoms with E-state index in [0.29, 0.717) is 5.76 Å². The quantitative estimate of drug-likeness (QED) is 0.807. The molecule has 0 amide bonds. The smallest absolute Gasteiger partial charge is 0.252 e. The molecule has 16 heavy (non-hydrogen) atoms. The Morgan fingerprint density at radius 3 is 2.88 bits per heavy atom. The largest absolute Gasteiger partial charge is 0.467 e. The van der Waals surface area contributed by atoms with Crippen molar-refractivity contribution in [3.8, 4) is 6.07 Å². The van der Waals surface area contributed by atoms with E-state index in [2.05, 4.69) is 0 Å². The molecule has 0 fully saturated rings. The van der Waals surface area contributed by atoms with E-state index in [9.17, 15) is 4.79 Å². The number of anilines is 1. The Balaban J connectivity index is 2.48. The summed E-state index contributed by atoms with van der Waals surface area (Å²) in [7, 11) is 0. The molecule has 80 valence electrons. The van der Waals surface area contributed by atoms with E-state index in [0.717, 1.165) is 0 Å². The predicted molar refractivity (Wildman–Crippen MR) is 57.6 cm³/mol. The van der Waals surface area contributed by atoms with Crippen LogP contribution >= 0.6 is 0 Å². The molecule has 5 nitrogen and oxygen atoms in total. The van der Waals surface area contributed by atoms with Gasteiger partial charge in [-0.25, -0.2) is 0 Å². The van der Waals surface area contributed by atoms with Crippen LogP contribution in [-0.4, -0.2) is 4.57 Å². The molecule has 0 bridgehead atoms. The van der Waals surface area contributed by atoms with Crippen molar-refractivity contribution in [2.45, 2.75) is 6.54 Å². The Morgan fingerprint density at radius 1 is 1.44 bits per heavy atom. The molecule has 0 atom stereocenters. The number of aromatic nitrogens is 1. The Bertz CT molecular complexity index is 591. The fraction of sp³-hybridized carbons (Fsp3) is 0.0909. The van der Waals surface area contributed by atoms with Gasteiger partial charge in [-0.1, -0.05) is 0 Å². The number of nitriles is 1. The van der Waals surface area contributed by atoms with Crippen LogP contribution < -0.4 is 11.3 Å². The first-order chi connectivity index (χ1) is 7.72. The molecule has 0 aliphatic heterocycles. The second kappa shape index (κ2) is 3.95. The van der Waals surface area contributed by atoms with Gasteiger partial charge >= 0.3 is 0 Å². The van der Waals surface area contributed by atoms with Gasteiger partial charge in [-0.3, -0.25) is 9.36 Å². The van der Waals surface area contributed by atoms with Gasteiger partial charge in [0.2, 0.25) is 0 Å². The van der Waals surface area contributed by atoms with Crippen LogP contribution in [0.2, 0.25) is 0 Å². The molecule has 0 aliphatic rings. The van der Waals surface area contributed by atoms with Crippen LogP contribution in [0.3, 0.4) is 0 Å². The fourth-order valence-corrected chi connectivity index (χ4v) is 1.41. The van der Waals surface area contributed by atoms with Crippen LogP contribution in [0.5, 0.6) is 0 Å². The molecule has 5 heteroatoms. The third-order valence-corrected chi connectivity index (χ3v) is 2.24. The molecule has 0 aliphatic carbocycles. The number of nitrogens with two attached hydrogens (primary N) is 1. The van der Waals surface area contributed by atoms with Crippen molar-refractivity contribution in [1.82, 2.24) is 4.57 Å². The number of furan rings is 1. The van der Waals surface area contributed by atoms with E-state index in [1.807, 2.05) is 6.07 Å². The Kier molecular flexibility index (Phi) is 2.48. The van der Waals surface area contributed by atoms with E-state index >= 15 is 0 Å². The summed E-state index contributed by atoms with van der Waals surface area (Å²) in [6, 6.07) is 8.13. The molecule has 0 saturated carbocycles. The zero-order valence-corrected chi connectivity index (χ0v) is 8.38. The molecule has 2 aromatic rings. The summed E-state index contributed by atoms with van der Waals surface area (Å²) in [5.74, 6) is 0.773. The number of hydrogen-bond acceptors (Lipinski definition) is 4. The van der Waals surface area contributed by atoms with Crippen LogP contribution in [0.25, 0.3) is 0 Å². The molecule has 0 aromatic carbocycles. The minimum Gasteiger partial charge on any atom is -0.467 e. The van der Waals surface area contributed by atoms with Gasteiger partial charge in [0.05, 0.1) is 18.4 Å². The summed E-state index contributed by atoms with van der Waals surface area (Å²) in [4.78, 5) is 11.6. The van der Waals surface area contributed by atoms with Crippen molar-refractivity contribution in [3.05, 3.63) is 52.2 Å². The zero-order chi connectivity index (χ0) is 11.5. The normalized spacial score (nSPS) is 9.94. The van der Waals surface area contributed by atoms with E-state index in [1.165, 1.54) is 23.0 Å². The topological polar surface area (TPSA) is 85.0 Å². The predicted octanol–water partition coefficient (Wildman–Crippen LogP) is 0.943. The highest BCUT2D eigenvalue weighted by molar-refractivity contribution is 5.48. The number of pyridine rings is 1. The van der Waals surface area contributed by atoms with Gasteiger partial charge in [-0.2, -0.15) is 5.26 Å². The molecule has 2 rings (SSSR count). The summed E-state index contributed by atoms with van der Waals surface area (Å²) < 4.78 is 6.43. The second-order valence-electron chi connectivity index (χ2n) is 3.25. The fourth-order valence-electron chi connectivity index (χ4n) is 1.41. The first-order valence-electron chi connectivity index (χ1n) is 4.64. The number of nitrogen functional groups attached to an aromatic ring is 1. The lowest BCUT2D eigenvalue weighted by molar-refractivity contribution is 0.491. The first kappa shape index (κ1) is 10.1. The Hall–Kier alpha value is -2.48. The molecule has 0 unspecified atom stereocenters. The second-order valence-corrected chi connectivity index (χ2v) is 3.25. The summed E-state index contributed by atoms with van der Waals surface area (Å²) in [5.41, 5.74) is 5.74. The third-order valence-electron chi connectivity index (χ3n) is 2.24. The van der Waals surface area contributed by atoms with E-state index in [-0.39, 0.29) is 23.5 Å². The van der Waals surface area contributed by atoms with Crippen molar-refractivity contribution in [1.29, 1.82) is 5.26 Å². The standard InChI is InChI=1S/C11H9N3O2/c12-6-8-3-4-10(15)14(11(8)13)7-9-2-1-5-16-9/h1-5H,7,13H2. The highest BCUT2D eigenvalue weighted by Gasteiger charge is 2.07. The maximum absolute atomic E-state index is 11.6. The van der Waals surface area contributed by atoms with E-state index in [1.54, 1.807) is 12.1 Å². The van der Waals surface area contributed by atoms with E-state index < -0.39 is 0 Å². The minimum absolute atomic E-state index is 0.159. The lowest BCUT2D eigenvalue weighted by Gasteiger charge is -2.08. The molecule has 0 saturated heterocycles. The summed E-state index contributed by atoms with van der Waals surface area (Å²) in [6.07, 6.45) is 1.52. The van der Waals surface area contributed by atoms with Gasteiger partial charge in [0.1, 0.15) is 17.6 Å². The first-order valence-corrected chi connectivity index (χ1v) is 4.64. The van der Waals surface area contributed by atoms with Crippen LogP contribution in [0, 0.1) is 11.3 Å². The average molecular weight is 215 g/mol. The molecule has 2 heterocycles. The SMILES string of the molecule is N#Cc1ccc(=O)n(Cc2ccco2)c1N. The Labute approximate surface area is 91.3 Å². The monoisotopic (exact) mass is 215 g/mol. The minimum atomic E-state index is -0.257. The van der Waals surface area contributed by atoms with Crippen LogP contribution in [0.1, 0.15) is 11.3 Å². The molecule has 2 N–H and O–H groups in total. The van der Waals surface area contributed by atoms with Gasteiger partial charge in [-0.05, 0) is 18.2 Å². The highest BCUT2D eigenvalue weighted by Crippen LogP contribution is 2.10. The van der Waals surface area contributed by atoms with Gasteiger partial charge < -0.3 is 10.2 Å². The lowest BCUT2D eigenvalue weighted by atomic mass is 10.2. The number of hydrogen-bond donors (Lipinski definition) is 1. The Morgan fingerprint density at radius 2 is 2.25 bits per heavy atom. The summed E-state index contributed by atoms with van der Waals surface area (Å²) in [6.45, 7) is 0.229. The number of nitrogens with zero attached hydrogens (tertiary/aromatic N) is 2. The van der Waals surface area contributed by atoms with Crippen molar-refractivity contribution >= 4 is 5.82 Å². The molecular formula is C11H9N3O2. The van der Waals surface area contributed by atoms with Crippen molar-refractivity contribution in [3.63, 3.8) is 0 Å². The third kappa shape index (κ3) is 1.68. The van der Waals surface area contributed by atoms with Gasteiger partial charge in [0.25, 0.3) is 5.56 Å². The maximum atomic E-state index is 11.6. The number of rotatable bonds is 2. The summed E-state index contributed by atoms with van der Waals surface area (Å²) in [5, 5.41) is 8.79. The molecule has 0 spiro atoms. The van der Waals surface area contributed by atoms with Crippen molar-refractivity contribution in [2.24, 2.45) is 0 Å². The zero-order valence-electron chi connectivity index (χ0n) is 8.38. The molecule has 0 radical (unpaired) electrons. The highest BCUT2D eigenvalue weighted by atomic mass is 16.3. The molecular weight excluding hydrogens is 206 g/mol. The van der Waals surface area contributed by atoms with Crippen molar-refractivity contribution < 1.29 is 4.42 Å². The average Bonchev–Trinajstić information content (AvgIpc) is 2.77. The maximum Gasteiger partial charge on any atom is 0.252 e. The lowest BCUT2D eigenvalue weighted by Crippen LogP contribution is -2.23. The van der Waals surface area contributed by atoms with Crippen LogP contribution in [-0.2, 0) is 6.54 Å². The van der Waals surface area contributed by atoms with Crippen LogP contribution in [0.15, 0.2) is 39.7 Å². The molecule has 2 aromatic heterocycles. The van der Waals surface area contributed by atoms with Gasteiger partial charge in [0, 0.05) is 6.07 Å². The van der Waals surface area contributed by atoms with Gasteiger partial charge in [0.15, 0.2) is 0 Å².